The van der Waals surface area contributed by atoms with E-state index in [0.29, 0.717) is 30.3 Å². The van der Waals surface area contributed by atoms with Crippen molar-refractivity contribution in [2.45, 2.75) is 26.8 Å². The predicted octanol–water partition coefficient (Wildman–Crippen LogP) is 3.37. The van der Waals surface area contributed by atoms with Gasteiger partial charge in [-0.25, -0.2) is 0 Å². The van der Waals surface area contributed by atoms with Crippen LogP contribution < -0.4 is 14.8 Å². The number of nitrogens with zero attached hydrogens (tertiary/aromatic N) is 1. The number of carbonyl (C=O) groups excluding carboxylic acids is 1. The van der Waals surface area contributed by atoms with Crippen LogP contribution in [0.25, 0.3) is 0 Å². The monoisotopic (exact) mass is 314 g/mol. The molecule has 2 rings (SSSR count). The van der Waals surface area contributed by atoms with Crippen molar-refractivity contribution >= 4 is 5.91 Å². The van der Waals surface area contributed by atoms with E-state index in [1.807, 2.05) is 32.9 Å². The molecule has 0 unspecified atom stereocenters. The van der Waals surface area contributed by atoms with E-state index in [1.54, 1.807) is 30.6 Å². The normalized spacial score (nSPS) is 11.6. The summed E-state index contributed by atoms with van der Waals surface area (Å²) < 4.78 is 11.1. The minimum absolute atomic E-state index is 0.104. The zero-order valence-electron chi connectivity index (χ0n) is 13.7. The zero-order valence-corrected chi connectivity index (χ0v) is 13.7. The fraction of sp³-hybridized carbons (Fsp3) is 0.333. The van der Waals surface area contributed by atoms with E-state index in [1.165, 1.54) is 0 Å². The highest BCUT2D eigenvalue weighted by molar-refractivity contribution is 5.95. The molecule has 1 amide bonds. The van der Waals surface area contributed by atoms with Crippen molar-refractivity contribution in [2.24, 2.45) is 0 Å². The van der Waals surface area contributed by atoms with Gasteiger partial charge in [-0.05, 0) is 56.7 Å². The summed E-state index contributed by atoms with van der Waals surface area (Å²) in [5.41, 5.74) is 1.54. The van der Waals surface area contributed by atoms with Gasteiger partial charge in [0.25, 0.3) is 5.91 Å². The second-order valence-electron chi connectivity index (χ2n) is 5.00. The Hall–Kier alpha value is -2.56. The van der Waals surface area contributed by atoms with Gasteiger partial charge < -0.3 is 14.8 Å². The maximum absolute atomic E-state index is 12.4. The average Bonchev–Trinajstić information content (AvgIpc) is 2.57. The molecule has 5 nitrogen and oxygen atoms in total. The number of nitrogens with one attached hydrogen (secondary N) is 1. The lowest BCUT2D eigenvalue weighted by Crippen LogP contribution is -2.26. The molecule has 0 saturated heterocycles. The number of hydrogen-bond donors (Lipinski definition) is 1. The molecule has 1 aromatic carbocycles. The Kier molecular flexibility index (Phi) is 5.97. The van der Waals surface area contributed by atoms with E-state index in [2.05, 4.69) is 10.3 Å². The van der Waals surface area contributed by atoms with Crippen molar-refractivity contribution in [2.75, 3.05) is 13.2 Å². The van der Waals surface area contributed by atoms with E-state index >= 15 is 0 Å². The molecule has 2 aromatic rings. The van der Waals surface area contributed by atoms with Crippen molar-refractivity contribution in [3.8, 4) is 11.5 Å². The maximum Gasteiger partial charge on any atom is 0.251 e. The Bertz CT molecular complexity index is 644. The SMILES string of the molecule is CCOc1ccc(C(=O)N[C@@H](C)c2ccncc2)cc1OCC. The zero-order chi connectivity index (χ0) is 16.7. The summed E-state index contributed by atoms with van der Waals surface area (Å²) in [7, 11) is 0. The molecule has 0 aliphatic rings. The second kappa shape index (κ2) is 8.17. The minimum Gasteiger partial charge on any atom is -0.490 e. The standard InChI is InChI=1S/C18H22N2O3/c1-4-22-16-7-6-15(12-17(16)23-5-2)18(21)20-13(3)14-8-10-19-11-9-14/h6-13H,4-5H2,1-3H3,(H,20,21)/t13-/m0/s1. The Morgan fingerprint density at radius 2 is 1.74 bits per heavy atom. The number of carbonyl (C=O) groups is 1. The summed E-state index contributed by atoms with van der Waals surface area (Å²) >= 11 is 0. The van der Waals surface area contributed by atoms with Gasteiger partial charge >= 0.3 is 0 Å². The Morgan fingerprint density at radius 1 is 1.09 bits per heavy atom. The van der Waals surface area contributed by atoms with Gasteiger partial charge in [0.1, 0.15) is 0 Å². The third-order valence-electron chi connectivity index (χ3n) is 3.36. The molecule has 0 radical (unpaired) electrons. The first-order valence-corrected chi connectivity index (χ1v) is 7.76. The van der Waals surface area contributed by atoms with E-state index < -0.39 is 0 Å². The number of pyridine rings is 1. The van der Waals surface area contributed by atoms with E-state index in [0.717, 1.165) is 5.56 Å². The molecule has 0 fully saturated rings. The molecule has 1 N–H and O–H groups in total. The van der Waals surface area contributed by atoms with Crippen LogP contribution in [0.2, 0.25) is 0 Å². The van der Waals surface area contributed by atoms with Gasteiger partial charge in [-0.15, -0.1) is 0 Å². The van der Waals surface area contributed by atoms with Gasteiger partial charge in [0.15, 0.2) is 11.5 Å². The smallest absolute Gasteiger partial charge is 0.251 e. The average molecular weight is 314 g/mol. The molecule has 5 heteroatoms. The van der Waals surface area contributed by atoms with Crippen LogP contribution in [0.1, 0.15) is 42.7 Å². The van der Waals surface area contributed by atoms with Crippen LogP contribution in [0.5, 0.6) is 11.5 Å². The quantitative estimate of drug-likeness (QED) is 0.851. The van der Waals surface area contributed by atoms with Crippen molar-refractivity contribution in [1.82, 2.24) is 10.3 Å². The third kappa shape index (κ3) is 4.45. The number of rotatable bonds is 7. The van der Waals surface area contributed by atoms with Crippen LogP contribution in [-0.2, 0) is 0 Å². The van der Waals surface area contributed by atoms with Crippen LogP contribution in [-0.4, -0.2) is 24.1 Å². The van der Waals surface area contributed by atoms with Gasteiger partial charge in [0.2, 0.25) is 0 Å². The largest absolute Gasteiger partial charge is 0.490 e. The molecular formula is C18H22N2O3. The number of benzene rings is 1. The van der Waals surface area contributed by atoms with Crippen LogP contribution >= 0.6 is 0 Å². The lowest BCUT2D eigenvalue weighted by Gasteiger charge is -2.16. The van der Waals surface area contributed by atoms with Crippen molar-refractivity contribution in [1.29, 1.82) is 0 Å². The van der Waals surface area contributed by atoms with Crippen LogP contribution in [0.3, 0.4) is 0 Å². The van der Waals surface area contributed by atoms with E-state index in [-0.39, 0.29) is 11.9 Å². The summed E-state index contributed by atoms with van der Waals surface area (Å²) in [4.78, 5) is 16.4. The number of aromatic nitrogens is 1. The number of hydrogen-bond acceptors (Lipinski definition) is 4. The lowest BCUT2D eigenvalue weighted by molar-refractivity contribution is 0.0939. The minimum atomic E-state index is -0.154. The molecular weight excluding hydrogens is 292 g/mol. The first-order chi connectivity index (χ1) is 11.2. The summed E-state index contributed by atoms with van der Waals surface area (Å²) in [5, 5.41) is 2.97. The molecule has 0 spiro atoms. The van der Waals surface area contributed by atoms with Crippen molar-refractivity contribution in [3.05, 3.63) is 53.9 Å². The lowest BCUT2D eigenvalue weighted by atomic mass is 10.1. The molecule has 0 aliphatic heterocycles. The van der Waals surface area contributed by atoms with Crippen LogP contribution in [0, 0.1) is 0 Å². The number of amides is 1. The van der Waals surface area contributed by atoms with E-state index in [4.69, 9.17) is 9.47 Å². The van der Waals surface area contributed by atoms with E-state index in [9.17, 15) is 4.79 Å². The topological polar surface area (TPSA) is 60.5 Å². The summed E-state index contributed by atoms with van der Waals surface area (Å²) in [6.07, 6.45) is 3.42. The predicted molar refractivity (Wildman–Crippen MR) is 88.9 cm³/mol. The summed E-state index contributed by atoms with van der Waals surface area (Å²) in [5.74, 6) is 1.07. The maximum atomic E-state index is 12.4. The summed E-state index contributed by atoms with van der Waals surface area (Å²) in [6, 6.07) is 8.88. The van der Waals surface area contributed by atoms with Crippen molar-refractivity contribution < 1.29 is 14.3 Å². The fourth-order valence-electron chi connectivity index (χ4n) is 2.21. The van der Waals surface area contributed by atoms with Crippen LogP contribution in [0.4, 0.5) is 0 Å². The number of ether oxygens (including phenoxy) is 2. The highest BCUT2D eigenvalue weighted by Gasteiger charge is 2.14. The molecule has 1 heterocycles. The third-order valence-corrected chi connectivity index (χ3v) is 3.36. The van der Waals surface area contributed by atoms with Crippen molar-refractivity contribution in [3.63, 3.8) is 0 Å². The molecule has 0 saturated carbocycles. The van der Waals surface area contributed by atoms with Gasteiger partial charge in [0, 0.05) is 18.0 Å². The van der Waals surface area contributed by atoms with Gasteiger partial charge in [-0.2, -0.15) is 0 Å². The molecule has 1 atom stereocenters. The Morgan fingerprint density at radius 3 is 2.39 bits per heavy atom. The molecule has 23 heavy (non-hydrogen) atoms. The Balaban J connectivity index is 2.14. The molecule has 1 aromatic heterocycles. The highest BCUT2D eigenvalue weighted by atomic mass is 16.5. The molecule has 0 aliphatic carbocycles. The Labute approximate surface area is 136 Å². The van der Waals surface area contributed by atoms with Gasteiger partial charge in [0.05, 0.1) is 19.3 Å². The first kappa shape index (κ1) is 16.8. The fourth-order valence-corrected chi connectivity index (χ4v) is 2.21. The van der Waals surface area contributed by atoms with Gasteiger partial charge in [-0.3, -0.25) is 9.78 Å². The van der Waals surface area contributed by atoms with Crippen LogP contribution in [0.15, 0.2) is 42.7 Å². The molecule has 122 valence electrons. The van der Waals surface area contributed by atoms with Gasteiger partial charge in [-0.1, -0.05) is 0 Å². The first-order valence-electron chi connectivity index (χ1n) is 7.76. The second-order valence-corrected chi connectivity index (χ2v) is 5.00. The highest BCUT2D eigenvalue weighted by Crippen LogP contribution is 2.28. The molecule has 0 bridgehead atoms. The summed E-state index contributed by atoms with van der Waals surface area (Å²) in [6.45, 7) is 6.80.